The van der Waals surface area contributed by atoms with Crippen LogP contribution in [0.1, 0.15) is 18.0 Å². The highest BCUT2D eigenvalue weighted by Gasteiger charge is 1.86. The van der Waals surface area contributed by atoms with Gasteiger partial charge in [0.2, 0.25) is 0 Å². The molecular formula is C8H9Br. The van der Waals surface area contributed by atoms with Crippen LogP contribution in [-0.2, 0) is 5.28 Å². The van der Waals surface area contributed by atoms with Gasteiger partial charge < -0.3 is 0 Å². The van der Waals surface area contributed by atoms with Gasteiger partial charge >= 0.3 is 0 Å². The molecule has 0 heterocycles. The lowest BCUT2D eigenvalue weighted by molar-refractivity contribution is 1.37. The van der Waals surface area contributed by atoms with Crippen LogP contribution >= 0.6 is 15.9 Å². The summed E-state index contributed by atoms with van der Waals surface area (Å²) in [5.41, 5.74) is 0.462. The third kappa shape index (κ3) is 1.83. The number of rotatable bonds is 1. The number of hydrogen-bond acceptors (Lipinski definition) is 0. The molecule has 1 rings (SSSR count). The minimum absolute atomic E-state index is 0.151. The molecule has 0 N–H and O–H groups in total. The minimum atomic E-state index is -2.19. The molecule has 0 saturated heterocycles. The molecule has 0 aliphatic carbocycles. The number of alkyl halides is 1. The Morgan fingerprint density at radius 3 is 3.33 bits per heavy atom. The molecule has 0 unspecified atom stereocenters. The van der Waals surface area contributed by atoms with E-state index in [0.29, 0.717) is 5.56 Å². The van der Waals surface area contributed by atoms with E-state index in [0.717, 1.165) is 0 Å². The zero-order valence-electron chi connectivity index (χ0n) is 9.69. The number of halogens is 1. The normalized spacial score (nSPS) is 20.8. The van der Waals surface area contributed by atoms with E-state index in [1.165, 1.54) is 18.2 Å². The van der Waals surface area contributed by atoms with Crippen molar-refractivity contribution in [2.45, 2.75) is 12.1 Å². The molecule has 0 spiro atoms. The minimum Gasteiger partial charge on any atom is -0.0876 e. The van der Waals surface area contributed by atoms with Crippen LogP contribution in [0, 0.1) is 6.85 Å². The second-order valence-corrected chi connectivity index (χ2v) is 2.07. The van der Waals surface area contributed by atoms with Gasteiger partial charge in [-0.15, -0.1) is 0 Å². The molecule has 0 fully saturated rings. The van der Waals surface area contributed by atoms with Gasteiger partial charge in [0.25, 0.3) is 0 Å². The molecule has 9 heavy (non-hydrogen) atoms. The summed E-state index contributed by atoms with van der Waals surface area (Å²) in [7, 11) is 0. The first-order valence-electron chi connectivity index (χ1n) is 5.01. The molecule has 0 aromatic heterocycles. The Bertz CT molecular complexity index is 296. The fourth-order valence-corrected chi connectivity index (χ4v) is 0.825. The molecule has 0 nitrogen and oxygen atoms in total. The first-order valence-corrected chi connectivity index (χ1v) is 3.30. The highest BCUT2D eigenvalue weighted by Crippen LogP contribution is 2.06. The highest BCUT2D eigenvalue weighted by atomic mass is 79.9. The maximum Gasteiger partial charge on any atom is 0.0437 e. The Labute approximate surface area is 71.1 Å². The van der Waals surface area contributed by atoms with Crippen LogP contribution in [-0.4, -0.2) is 0 Å². The molecule has 0 radical (unpaired) electrons. The van der Waals surface area contributed by atoms with Crippen molar-refractivity contribution in [2.75, 3.05) is 0 Å². The van der Waals surface area contributed by atoms with Crippen LogP contribution in [0.4, 0.5) is 0 Å². The predicted octanol–water partition coefficient (Wildman–Crippen LogP) is 2.89. The third-order valence-corrected chi connectivity index (χ3v) is 1.43. The number of aryl methyl sites for hydroxylation is 1. The SMILES string of the molecule is [2H]C([2H])([2H])c1cccc(C([2H])([2H])Br)c1. The van der Waals surface area contributed by atoms with Gasteiger partial charge in [-0.2, -0.15) is 0 Å². The fraction of sp³-hybridized carbons (Fsp3) is 0.250. The van der Waals surface area contributed by atoms with Gasteiger partial charge in [0.05, 0.1) is 0 Å². The molecule has 0 bridgehead atoms. The largest absolute Gasteiger partial charge is 0.0876 e. The Morgan fingerprint density at radius 1 is 1.78 bits per heavy atom. The lowest BCUT2D eigenvalue weighted by Gasteiger charge is -1.94. The van der Waals surface area contributed by atoms with E-state index >= 15 is 0 Å². The summed E-state index contributed by atoms with van der Waals surface area (Å²) in [6, 6.07) is 5.90. The van der Waals surface area contributed by atoms with Crippen LogP contribution in [0.2, 0.25) is 0 Å². The van der Waals surface area contributed by atoms with Crippen molar-refractivity contribution in [1.82, 2.24) is 0 Å². The topological polar surface area (TPSA) is 0 Å². The van der Waals surface area contributed by atoms with Crippen molar-refractivity contribution >= 4 is 15.9 Å². The van der Waals surface area contributed by atoms with Crippen molar-refractivity contribution in [2.24, 2.45) is 0 Å². The van der Waals surface area contributed by atoms with E-state index in [1.54, 1.807) is 6.07 Å². The van der Waals surface area contributed by atoms with E-state index in [2.05, 4.69) is 15.9 Å². The van der Waals surface area contributed by atoms with Crippen LogP contribution in [0.15, 0.2) is 24.3 Å². The molecule has 0 aliphatic rings. The molecule has 0 atom stereocenters. The molecule has 1 aromatic carbocycles. The van der Waals surface area contributed by atoms with Crippen molar-refractivity contribution in [1.29, 1.82) is 0 Å². The quantitative estimate of drug-likeness (QED) is 0.597. The Kier molecular flexibility index (Phi) is 0.922. The van der Waals surface area contributed by atoms with Gasteiger partial charge in [-0.05, 0) is 12.4 Å². The average molecular weight is 190 g/mol. The smallest absolute Gasteiger partial charge is 0.0437 e. The predicted molar refractivity (Wildman–Crippen MR) is 43.8 cm³/mol. The molecule has 48 valence electrons. The van der Waals surface area contributed by atoms with Crippen LogP contribution in [0.3, 0.4) is 0 Å². The lowest BCUT2D eigenvalue weighted by Crippen LogP contribution is -1.76. The number of benzene rings is 1. The monoisotopic (exact) mass is 189 g/mol. The Balaban J connectivity index is 3.15. The number of hydrogen-bond donors (Lipinski definition) is 0. The molecule has 0 saturated carbocycles. The van der Waals surface area contributed by atoms with Gasteiger partial charge in [0.15, 0.2) is 0 Å². The first kappa shape index (κ1) is 2.75. The highest BCUT2D eigenvalue weighted by molar-refractivity contribution is 9.08. The summed E-state index contributed by atoms with van der Waals surface area (Å²) in [6.07, 6.45) is 0. The Hall–Kier alpha value is -0.300. The average Bonchev–Trinajstić information content (AvgIpc) is 2.01. The molecule has 1 heteroatoms. The van der Waals surface area contributed by atoms with Gasteiger partial charge in [-0.1, -0.05) is 45.8 Å². The first-order chi connectivity index (χ1) is 6.21. The Morgan fingerprint density at radius 2 is 2.67 bits per heavy atom. The summed E-state index contributed by atoms with van der Waals surface area (Å²) >= 11 is 2.84. The van der Waals surface area contributed by atoms with Crippen molar-refractivity contribution < 1.29 is 6.85 Å². The zero-order valence-corrected chi connectivity index (χ0v) is 6.27. The van der Waals surface area contributed by atoms with E-state index in [-0.39, 0.29) is 5.56 Å². The summed E-state index contributed by atoms with van der Waals surface area (Å²) in [6.45, 7) is -2.19. The van der Waals surface area contributed by atoms with Crippen molar-refractivity contribution in [3.63, 3.8) is 0 Å². The summed E-state index contributed by atoms with van der Waals surface area (Å²) in [4.78, 5) is 0. The van der Waals surface area contributed by atoms with Crippen LogP contribution in [0.25, 0.3) is 0 Å². The van der Waals surface area contributed by atoms with Crippen LogP contribution < -0.4 is 0 Å². The van der Waals surface area contributed by atoms with E-state index < -0.39 is 12.1 Å². The second kappa shape index (κ2) is 3.02. The van der Waals surface area contributed by atoms with E-state index in [9.17, 15) is 0 Å². The van der Waals surface area contributed by atoms with Gasteiger partial charge in [-0.3, -0.25) is 0 Å². The zero-order chi connectivity index (χ0) is 11.0. The molecule has 0 aliphatic heterocycles. The van der Waals surface area contributed by atoms with Crippen molar-refractivity contribution in [3.8, 4) is 0 Å². The van der Waals surface area contributed by atoms with Gasteiger partial charge in [-0.25, -0.2) is 0 Å². The molecule has 0 amide bonds. The standard InChI is InChI=1S/C8H9Br/c1-7-3-2-4-8(5-7)6-9/h2-5H,6H2,1H3/i1D3,6D2. The van der Waals surface area contributed by atoms with Crippen molar-refractivity contribution in [3.05, 3.63) is 35.4 Å². The maximum atomic E-state index is 7.37. The molecule has 1 aromatic rings. The molecular weight excluding hydrogens is 176 g/mol. The van der Waals surface area contributed by atoms with Gasteiger partial charge in [0.1, 0.15) is 0 Å². The fourth-order valence-electron chi connectivity index (χ4n) is 0.578. The summed E-state index contributed by atoms with van der Waals surface area (Å²) < 4.78 is 36.3. The summed E-state index contributed by atoms with van der Waals surface area (Å²) in [5, 5.41) is -1.69. The van der Waals surface area contributed by atoms with E-state index in [1.807, 2.05) is 0 Å². The van der Waals surface area contributed by atoms with Gasteiger partial charge in [0, 0.05) is 12.1 Å². The summed E-state index contributed by atoms with van der Waals surface area (Å²) in [5.74, 6) is 0. The third-order valence-electron chi connectivity index (χ3n) is 0.972. The van der Waals surface area contributed by atoms with Crippen LogP contribution in [0.5, 0.6) is 0 Å². The maximum absolute atomic E-state index is 7.37. The van der Waals surface area contributed by atoms with E-state index in [4.69, 9.17) is 6.85 Å². The lowest BCUT2D eigenvalue weighted by atomic mass is 10.2. The second-order valence-electron chi connectivity index (χ2n) is 1.68.